The van der Waals surface area contributed by atoms with Crippen molar-refractivity contribution in [2.45, 2.75) is 9.92 Å². The van der Waals surface area contributed by atoms with Gasteiger partial charge >= 0.3 is 0 Å². The maximum atomic E-state index is 4.33. The number of halogens is 1. The van der Waals surface area contributed by atoms with Crippen LogP contribution in [0.3, 0.4) is 0 Å². The second-order valence-corrected chi connectivity index (χ2v) is 6.41. The fourth-order valence-corrected chi connectivity index (χ4v) is 3.68. The van der Waals surface area contributed by atoms with E-state index < -0.39 is 0 Å². The second-order valence-electron chi connectivity index (χ2n) is 3.30. The molecule has 0 radical (unpaired) electrons. The van der Waals surface area contributed by atoms with Crippen LogP contribution in [0.2, 0.25) is 0 Å². The fourth-order valence-electron chi connectivity index (χ4n) is 1.29. The molecule has 17 heavy (non-hydrogen) atoms. The number of benzene rings is 1. The summed E-state index contributed by atoms with van der Waals surface area (Å²) in [5, 5.41) is 1.07. The molecule has 0 N–H and O–H groups in total. The van der Waals surface area contributed by atoms with E-state index in [-0.39, 0.29) is 0 Å². The smallest absolute Gasteiger partial charge is 0.110 e. The summed E-state index contributed by atoms with van der Waals surface area (Å²) >= 11 is 7.17. The zero-order chi connectivity index (χ0) is 11.9. The van der Waals surface area contributed by atoms with Gasteiger partial charge in [0.25, 0.3) is 0 Å². The molecule has 0 fully saturated rings. The number of pyridine rings is 1. The van der Waals surface area contributed by atoms with Crippen LogP contribution in [0.1, 0.15) is 0 Å². The maximum Gasteiger partial charge on any atom is 0.110 e. The molecular weight excluding hydrogens is 314 g/mol. The molecule has 1 nitrogen and oxygen atoms in total. The van der Waals surface area contributed by atoms with Crippen molar-refractivity contribution in [3.05, 3.63) is 53.1 Å². The quantitative estimate of drug-likeness (QED) is 0.582. The zero-order valence-electron chi connectivity index (χ0n) is 9.17. The molecule has 0 aliphatic carbocycles. The summed E-state index contributed by atoms with van der Waals surface area (Å²) in [6.07, 6.45) is 1.83. The third kappa shape index (κ3) is 4.37. The average molecular weight is 326 g/mol. The Kier molecular flexibility index (Phi) is 5.42. The van der Waals surface area contributed by atoms with Crippen LogP contribution in [0.25, 0.3) is 0 Å². The molecular formula is C13H12BrNS2. The van der Waals surface area contributed by atoms with Gasteiger partial charge in [0.1, 0.15) is 5.03 Å². The van der Waals surface area contributed by atoms with Gasteiger partial charge < -0.3 is 0 Å². The lowest BCUT2D eigenvalue weighted by atomic mass is 10.4. The van der Waals surface area contributed by atoms with E-state index in [9.17, 15) is 0 Å². The minimum Gasteiger partial charge on any atom is -0.249 e. The van der Waals surface area contributed by atoms with Crippen molar-refractivity contribution < 1.29 is 0 Å². The highest BCUT2D eigenvalue weighted by Gasteiger charge is 2.00. The van der Waals surface area contributed by atoms with E-state index >= 15 is 0 Å². The molecule has 0 saturated heterocycles. The molecule has 4 heteroatoms. The number of nitrogens with zero attached hydrogens (tertiary/aromatic N) is 1. The summed E-state index contributed by atoms with van der Waals surface area (Å²) < 4.78 is 1.08. The highest BCUT2D eigenvalue weighted by atomic mass is 79.9. The van der Waals surface area contributed by atoms with Crippen LogP contribution in [-0.4, -0.2) is 16.5 Å². The fraction of sp³-hybridized carbons (Fsp3) is 0.154. The first-order chi connectivity index (χ1) is 8.36. The zero-order valence-corrected chi connectivity index (χ0v) is 12.4. The summed E-state index contributed by atoms with van der Waals surface area (Å²) in [7, 11) is 0. The molecule has 0 unspecified atom stereocenters. The molecule has 88 valence electrons. The first kappa shape index (κ1) is 13.0. The van der Waals surface area contributed by atoms with Crippen molar-refractivity contribution in [3.63, 3.8) is 0 Å². The van der Waals surface area contributed by atoms with Gasteiger partial charge in [-0.15, -0.1) is 23.5 Å². The number of thioether (sulfide) groups is 2. The Morgan fingerprint density at radius 1 is 0.941 bits per heavy atom. The van der Waals surface area contributed by atoms with E-state index in [4.69, 9.17) is 0 Å². The summed E-state index contributed by atoms with van der Waals surface area (Å²) in [6, 6.07) is 14.4. The molecule has 0 bridgehead atoms. The van der Waals surface area contributed by atoms with Gasteiger partial charge in [0, 0.05) is 27.1 Å². The standard InChI is InChI=1S/C13H12BrNS2/c14-12-7-4-8-15-13(12)17-10-9-16-11-5-2-1-3-6-11/h1-8H,9-10H2. The largest absolute Gasteiger partial charge is 0.249 e. The first-order valence-electron chi connectivity index (χ1n) is 5.27. The van der Waals surface area contributed by atoms with Gasteiger partial charge in [0.2, 0.25) is 0 Å². The van der Waals surface area contributed by atoms with Crippen LogP contribution in [-0.2, 0) is 0 Å². The van der Waals surface area contributed by atoms with Crippen LogP contribution < -0.4 is 0 Å². The normalized spacial score (nSPS) is 10.4. The number of hydrogen-bond acceptors (Lipinski definition) is 3. The van der Waals surface area contributed by atoms with Crippen molar-refractivity contribution in [2.75, 3.05) is 11.5 Å². The van der Waals surface area contributed by atoms with E-state index in [1.165, 1.54) is 4.90 Å². The molecule has 0 aliphatic heterocycles. The minimum absolute atomic E-state index is 1.06. The van der Waals surface area contributed by atoms with E-state index in [1.807, 2.05) is 36.2 Å². The Labute approximate surface area is 119 Å². The van der Waals surface area contributed by atoms with E-state index in [2.05, 4.69) is 45.2 Å². The van der Waals surface area contributed by atoms with Crippen molar-refractivity contribution in [2.24, 2.45) is 0 Å². The summed E-state index contributed by atoms with van der Waals surface area (Å²) in [5.41, 5.74) is 0. The molecule has 0 spiro atoms. The average Bonchev–Trinajstić information content (AvgIpc) is 2.38. The Morgan fingerprint density at radius 2 is 1.71 bits per heavy atom. The predicted molar refractivity (Wildman–Crippen MR) is 79.8 cm³/mol. The predicted octanol–water partition coefficient (Wildman–Crippen LogP) is 4.73. The molecule has 0 atom stereocenters. The lowest BCUT2D eigenvalue weighted by molar-refractivity contribution is 1.11. The molecule has 1 aromatic heterocycles. The van der Waals surface area contributed by atoms with Crippen molar-refractivity contribution >= 4 is 39.5 Å². The van der Waals surface area contributed by atoms with Crippen LogP contribution in [0, 0.1) is 0 Å². The van der Waals surface area contributed by atoms with Gasteiger partial charge in [-0.3, -0.25) is 0 Å². The van der Waals surface area contributed by atoms with Gasteiger partial charge in [-0.2, -0.15) is 0 Å². The van der Waals surface area contributed by atoms with Gasteiger partial charge in [0.05, 0.1) is 0 Å². The SMILES string of the molecule is Brc1cccnc1SCCSc1ccccc1. The number of aromatic nitrogens is 1. The lowest BCUT2D eigenvalue weighted by Gasteiger charge is -2.03. The minimum atomic E-state index is 1.06. The lowest BCUT2D eigenvalue weighted by Crippen LogP contribution is -1.87. The van der Waals surface area contributed by atoms with Gasteiger partial charge in [-0.25, -0.2) is 4.98 Å². The molecule has 2 rings (SSSR count). The van der Waals surface area contributed by atoms with Crippen molar-refractivity contribution in [3.8, 4) is 0 Å². The number of rotatable bonds is 5. The Balaban J connectivity index is 1.76. The van der Waals surface area contributed by atoms with Gasteiger partial charge in [-0.1, -0.05) is 18.2 Å². The Bertz CT molecular complexity index is 462. The molecule has 0 aliphatic rings. The molecule has 1 aromatic carbocycles. The second kappa shape index (κ2) is 7.09. The number of hydrogen-bond donors (Lipinski definition) is 0. The third-order valence-electron chi connectivity index (χ3n) is 2.06. The summed E-state index contributed by atoms with van der Waals surface area (Å²) in [5.74, 6) is 2.16. The van der Waals surface area contributed by atoms with Crippen LogP contribution in [0.4, 0.5) is 0 Å². The third-order valence-corrected chi connectivity index (χ3v) is 5.24. The van der Waals surface area contributed by atoms with Gasteiger partial charge in [-0.05, 0) is 40.2 Å². The van der Waals surface area contributed by atoms with E-state index in [0.717, 1.165) is 21.0 Å². The monoisotopic (exact) mass is 325 g/mol. The van der Waals surface area contributed by atoms with Crippen LogP contribution >= 0.6 is 39.5 Å². The Morgan fingerprint density at radius 3 is 2.47 bits per heavy atom. The molecule has 0 amide bonds. The molecule has 1 heterocycles. The van der Waals surface area contributed by atoms with E-state index in [1.54, 1.807) is 11.8 Å². The van der Waals surface area contributed by atoms with Crippen molar-refractivity contribution in [1.29, 1.82) is 0 Å². The van der Waals surface area contributed by atoms with Crippen LogP contribution in [0.5, 0.6) is 0 Å². The topological polar surface area (TPSA) is 12.9 Å². The molecule has 0 saturated carbocycles. The summed E-state index contributed by atoms with van der Waals surface area (Å²) in [4.78, 5) is 5.66. The first-order valence-corrected chi connectivity index (χ1v) is 8.04. The Hall–Kier alpha value is -0.450. The van der Waals surface area contributed by atoms with E-state index in [0.29, 0.717) is 0 Å². The summed E-state index contributed by atoms with van der Waals surface area (Å²) in [6.45, 7) is 0. The van der Waals surface area contributed by atoms with Crippen LogP contribution in [0.15, 0.2) is 63.1 Å². The maximum absolute atomic E-state index is 4.33. The molecule has 2 aromatic rings. The van der Waals surface area contributed by atoms with Gasteiger partial charge in [0.15, 0.2) is 0 Å². The van der Waals surface area contributed by atoms with Crippen molar-refractivity contribution in [1.82, 2.24) is 4.98 Å². The highest BCUT2D eigenvalue weighted by Crippen LogP contribution is 2.26. The highest BCUT2D eigenvalue weighted by molar-refractivity contribution is 9.10.